The number of hydrogen-bond donors (Lipinski definition) is 1. The molecule has 0 heterocycles. The summed E-state index contributed by atoms with van der Waals surface area (Å²) in [5.74, 6) is -15.3. The van der Waals surface area contributed by atoms with Crippen molar-refractivity contribution in [1.29, 1.82) is 0 Å². The molecule has 26 heavy (non-hydrogen) atoms. The van der Waals surface area contributed by atoms with Crippen molar-refractivity contribution in [2.24, 2.45) is 5.10 Å². The van der Waals surface area contributed by atoms with Crippen molar-refractivity contribution in [3.8, 4) is 5.75 Å². The Kier molecular flexibility index (Phi) is 6.66. The van der Waals surface area contributed by atoms with Crippen LogP contribution in [0, 0.1) is 0 Å². The molecule has 0 saturated carbocycles. The molecule has 1 aromatic rings. The molecule has 0 spiro atoms. The van der Waals surface area contributed by atoms with E-state index in [9.17, 15) is 35.5 Å². The summed E-state index contributed by atoms with van der Waals surface area (Å²) in [5, 5.41) is 3.01. The van der Waals surface area contributed by atoms with Crippen LogP contribution in [-0.2, 0) is 4.79 Å². The molecular formula is C14H12BrF7N2O2. The van der Waals surface area contributed by atoms with Crippen LogP contribution in [0.4, 0.5) is 30.7 Å². The van der Waals surface area contributed by atoms with Gasteiger partial charge >= 0.3 is 23.9 Å². The maximum atomic E-state index is 13.1. The summed E-state index contributed by atoms with van der Waals surface area (Å²) in [6, 6.07) is 4.45. The molecule has 12 heteroatoms. The molecule has 0 radical (unpaired) electrons. The van der Waals surface area contributed by atoms with Gasteiger partial charge in [-0.05, 0) is 32.0 Å². The number of amides is 1. The van der Waals surface area contributed by atoms with Crippen LogP contribution in [-0.4, -0.2) is 36.2 Å². The molecule has 0 saturated heterocycles. The summed E-state index contributed by atoms with van der Waals surface area (Å²) in [6.07, 6.45) is -6.13. The number of nitrogens with zero attached hydrogens (tertiary/aromatic N) is 1. The topological polar surface area (TPSA) is 50.7 Å². The van der Waals surface area contributed by atoms with Crippen LogP contribution in [0.3, 0.4) is 0 Å². The predicted octanol–water partition coefficient (Wildman–Crippen LogP) is 4.52. The Morgan fingerprint density at radius 3 is 2.27 bits per heavy atom. The number of hydrazone groups is 1. The molecule has 146 valence electrons. The van der Waals surface area contributed by atoms with Gasteiger partial charge in [0.15, 0.2) is 0 Å². The number of carbonyl (C=O) groups excluding carboxylic acids is 1. The summed E-state index contributed by atoms with van der Waals surface area (Å²) in [7, 11) is 0. The lowest BCUT2D eigenvalue weighted by Crippen LogP contribution is -2.58. The molecule has 1 aromatic carbocycles. The molecule has 0 unspecified atom stereocenters. The first kappa shape index (κ1) is 22.2. The highest BCUT2D eigenvalue weighted by molar-refractivity contribution is 9.10. The molecule has 0 fully saturated rings. The third-order valence-corrected chi connectivity index (χ3v) is 3.23. The van der Waals surface area contributed by atoms with Crippen molar-refractivity contribution < 1.29 is 40.3 Å². The van der Waals surface area contributed by atoms with Gasteiger partial charge in [-0.25, -0.2) is 5.43 Å². The van der Waals surface area contributed by atoms with Crippen LogP contribution in [0.5, 0.6) is 5.75 Å². The Balaban J connectivity index is 2.99. The summed E-state index contributed by atoms with van der Waals surface area (Å²) in [5.41, 5.74) is 1.13. The van der Waals surface area contributed by atoms with Gasteiger partial charge in [-0.3, -0.25) is 4.79 Å². The smallest absolute Gasteiger partial charge is 0.460 e. The zero-order chi connectivity index (χ0) is 20.3. The second kappa shape index (κ2) is 7.80. The first-order valence-corrected chi connectivity index (χ1v) is 7.61. The van der Waals surface area contributed by atoms with Crippen LogP contribution >= 0.6 is 15.9 Å². The molecule has 0 aliphatic rings. The van der Waals surface area contributed by atoms with Crippen LogP contribution in [0.25, 0.3) is 0 Å². The first-order chi connectivity index (χ1) is 11.7. The molecule has 1 N–H and O–H groups in total. The third kappa shape index (κ3) is 4.86. The van der Waals surface area contributed by atoms with Gasteiger partial charge in [-0.1, -0.05) is 15.9 Å². The monoisotopic (exact) mass is 452 g/mol. The van der Waals surface area contributed by atoms with Crippen molar-refractivity contribution in [1.82, 2.24) is 5.43 Å². The van der Waals surface area contributed by atoms with Crippen LogP contribution in [0.1, 0.15) is 19.4 Å². The van der Waals surface area contributed by atoms with E-state index in [0.717, 1.165) is 11.6 Å². The molecule has 1 rings (SSSR count). The standard InChI is InChI=1S/C14H12BrF7N2O2/c1-7(2)26-10-4-3-9(15)5-8(10)6-23-24-11(25)12(16,17)13(18,19)14(20,21)22/h3-7H,1-2H3,(H,24,25)/b23-6+. The van der Waals surface area contributed by atoms with Gasteiger partial charge in [0.25, 0.3) is 0 Å². The fourth-order valence-electron chi connectivity index (χ4n) is 1.53. The molecule has 1 amide bonds. The number of ether oxygens (including phenoxy) is 1. The molecule has 0 bridgehead atoms. The lowest BCUT2D eigenvalue weighted by atomic mass is 10.1. The van der Waals surface area contributed by atoms with Crippen LogP contribution in [0.15, 0.2) is 27.8 Å². The van der Waals surface area contributed by atoms with Gasteiger partial charge in [0.1, 0.15) is 5.75 Å². The van der Waals surface area contributed by atoms with Crippen molar-refractivity contribution in [2.45, 2.75) is 38.0 Å². The molecule has 0 aliphatic carbocycles. The van der Waals surface area contributed by atoms with Crippen molar-refractivity contribution >= 4 is 28.1 Å². The number of benzene rings is 1. The SMILES string of the molecule is CC(C)Oc1ccc(Br)cc1/C=N/NC(=O)C(F)(F)C(F)(F)C(F)(F)F. The van der Waals surface area contributed by atoms with E-state index in [-0.39, 0.29) is 17.4 Å². The minimum absolute atomic E-state index is 0.152. The number of rotatable bonds is 6. The van der Waals surface area contributed by atoms with Gasteiger partial charge in [0.05, 0.1) is 12.3 Å². The Bertz CT molecular complexity index is 690. The molecule has 0 aromatic heterocycles. The maximum Gasteiger partial charge on any atom is 0.460 e. The number of alkyl halides is 7. The number of carbonyl (C=O) groups is 1. The first-order valence-electron chi connectivity index (χ1n) is 6.82. The van der Waals surface area contributed by atoms with Crippen LogP contribution in [0.2, 0.25) is 0 Å². The van der Waals surface area contributed by atoms with E-state index in [1.165, 1.54) is 12.1 Å². The lowest BCUT2D eigenvalue weighted by molar-refractivity contribution is -0.344. The van der Waals surface area contributed by atoms with Gasteiger partial charge in [0, 0.05) is 10.0 Å². The number of hydrogen-bond acceptors (Lipinski definition) is 3. The van der Waals surface area contributed by atoms with Crippen molar-refractivity contribution in [2.75, 3.05) is 0 Å². The van der Waals surface area contributed by atoms with Gasteiger partial charge in [-0.2, -0.15) is 35.8 Å². The minimum atomic E-state index is -6.61. The average molecular weight is 453 g/mol. The van der Waals surface area contributed by atoms with E-state index in [2.05, 4.69) is 21.0 Å². The Morgan fingerprint density at radius 2 is 1.77 bits per heavy atom. The number of nitrogens with one attached hydrogen (secondary N) is 1. The maximum absolute atomic E-state index is 13.1. The van der Waals surface area contributed by atoms with E-state index in [1.807, 2.05) is 0 Å². The van der Waals surface area contributed by atoms with Gasteiger partial charge < -0.3 is 4.74 Å². The minimum Gasteiger partial charge on any atom is -0.490 e. The van der Waals surface area contributed by atoms with E-state index < -0.39 is 23.9 Å². The van der Waals surface area contributed by atoms with Crippen molar-refractivity contribution in [3.63, 3.8) is 0 Å². The fraction of sp³-hybridized carbons (Fsp3) is 0.429. The summed E-state index contributed by atoms with van der Waals surface area (Å²) >= 11 is 3.11. The summed E-state index contributed by atoms with van der Waals surface area (Å²) < 4.78 is 93.8. The second-order valence-corrected chi connectivity index (χ2v) is 6.11. The normalized spacial score (nSPS) is 13.3. The predicted molar refractivity (Wildman–Crippen MR) is 81.6 cm³/mol. The zero-order valence-electron chi connectivity index (χ0n) is 13.2. The van der Waals surface area contributed by atoms with E-state index >= 15 is 0 Å². The summed E-state index contributed by atoms with van der Waals surface area (Å²) in [6.45, 7) is 3.37. The average Bonchev–Trinajstić information content (AvgIpc) is 2.47. The van der Waals surface area contributed by atoms with Gasteiger partial charge in [0.2, 0.25) is 0 Å². The largest absolute Gasteiger partial charge is 0.490 e. The number of halogens is 8. The fourth-order valence-corrected chi connectivity index (χ4v) is 1.91. The highest BCUT2D eigenvalue weighted by Crippen LogP contribution is 2.46. The van der Waals surface area contributed by atoms with E-state index in [1.54, 1.807) is 19.9 Å². The van der Waals surface area contributed by atoms with Gasteiger partial charge in [-0.15, -0.1) is 0 Å². The highest BCUT2D eigenvalue weighted by atomic mass is 79.9. The zero-order valence-corrected chi connectivity index (χ0v) is 14.8. The van der Waals surface area contributed by atoms with E-state index in [0.29, 0.717) is 4.47 Å². The lowest BCUT2D eigenvalue weighted by Gasteiger charge is -2.26. The Labute approximate surface area is 151 Å². The Hall–Kier alpha value is -1.85. The quantitative estimate of drug-likeness (QED) is 0.392. The second-order valence-electron chi connectivity index (χ2n) is 5.19. The van der Waals surface area contributed by atoms with E-state index in [4.69, 9.17) is 4.74 Å². The van der Waals surface area contributed by atoms with Crippen molar-refractivity contribution in [3.05, 3.63) is 28.2 Å². The Morgan fingerprint density at radius 1 is 1.19 bits per heavy atom. The molecule has 4 nitrogen and oxygen atoms in total. The third-order valence-electron chi connectivity index (χ3n) is 2.74. The highest BCUT2D eigenvalue weighted by Gasteiger charge is 2.76. The summed E-state index contributed by atoms with van der Waals surface area (Å²) in [4.78, 5) is 11.1. The molecule has 0 aliphatic heterocycles. The van der Waals surface area contributed by atoms with Crippen LogP contribution < -0.4 is 10.2 Å². The molecule has 0 atom stereocenters. The molecular weight excluding hydrogens is 441 g/mol.